The normalized spacial score (nSPS) is 11.5. The standard InChI is InChI=1S/C15H20FN3O3S/c1-10(15(22)19(2)3)17-13(20)8-23-9-14(21)18-12-6-4-11(16)5-7-12/h4-7,10H,8-9H2,1-3H3,(H,17,20)(H,18,21). The lowest BCUT2D eigenvalue weighted by atomic mass is 10.3. The third kappa shape index (κ3) is 7.14. The fraction of sp³-hybridized carbons (Fsp3) is 0.400. The molecule has 2 N–H and O–H groups in total. The Hall–Kier alpha value is -2.09. The summed E-state index contributed by atoms with van der Waals surface area (Å²) in [4.78, 5) is 36.4. The van der Waals surface area contributed by atoms with Crippen LogP contribution in [0.15, 0.2) is 24.3 Å². The molecule has 0 spiro atoms. The fourth-order valence-corrected chi connectivity index (χ4v) is 2.33. The molecule has 0 heterocycles. The van der Waals surface area contributed by atoms with E-state index in [1.165, 1.54) is 29.2 Å². The first-order chi connectivity index (χ1) is 10.8. The lowest BCUT2D eigenvalue weighted by Gasteiger charge is -2.17. The van der Waals surface area contributed by atoms with Gasteiger partial charge in [0.2, 0.25) is 17.7 Å². The average molecular weight is 341 g/mol. The molecule has 1 unspecified atom stereocenters. The molecular formula is C15H20FN3O3S. The number of nitrogens with zero attached hydrogens (tertiary/aromatic N) is 1. The molecule has 1 rings (SSSR count). The number of hydrogen-bond donors (Lipinski definition) is 2. The topological polar surface area (TPSA) is 78.5 Å². The van der Waals surface area contributed by atoms with E-state index < -0.39 is 6.04 Å². The Bertz CT molecular complexity index is 564. The average Bonchev–Trinajstić information content (AvgIpc) is 2.48. The van der Waals surface area contributed by atoms with Gasteiger partial charge in [-0.15, -0.1) is 11.8 Å². The molecule has 0 radical (unpaired) electrons. The molecule has 0 saturated carbocycles. The van der Waals surface area contributed by atoms with Gasteiger partial charge in [0.25, 0.3) is 0 Å². The zero-order valence-electron chi connectivity index (χ0n) is 13.3. The molecule has 1 aromatic rings. The highest BCUT2D eigenvalue weighted by Crippen LogP contribution is 2.09. The van der Waals surface area contributed by atoms with Crippen LogP contribution in [0.3, 0.4) is 0 Å². The lowest BCUT2D eigenvalue weighted by Crippen LogP contribution is -2.44. The number of likely N-dealkylation sites (N-methyl/N-ethyl adjacent to an activating group) is 1. The second-order valence-electron chi connectivity index (χ2n) is 5.07. The van der Waals surface area contributed by atoms with Crippen molar-refractivity contribution in [3.8, 4) is 0 Å². The van der Waals surface area contributed by atoms with Crippen LogP contribution in [-0.4, -0.2) is 54.3 Å². The predicted molar refractivity (Wildman–Crippen MR) is 88.7 cm³/mol. The monoisotopic (exact) mass is 341 g/mol. The van der Waals surface area contributed by atoms with Gasteiger partial charge in [-0.25, -0.2) is 4.39 Å². The van der Waals surface area contributed by atoms with E-state index >= 15 is 0 Å². The van der Waals surface area contributed by atoms with Crippen molar-refractivity contribution in [2.75, 3.05) is 30.9 Å². The molecule has 1 aromatic carbocycles. The fourth-order valence-electron chi connectivity index (χ4n) is 1.70. The largest absolute Gasteiger partial charge is 0.347 e. The minimum atomic E-state index is -0.605. The smallest absolute Gasteiger partial charge is 0.244 e. The van der Waals surface area contributed by atoms with Gasteiger partial charge in [-0.05, 0) is 31.2 Å². The Kier molecular flexibility index (Phi) is 7.53. The van der Waals surface area contributed by atoms with Crippen molar-refractivity contribution in [2.45, 2.75) is 13.0 Å². The van der Waals surface area contributed by atoms with Crippen LogP contribution in [0, 0.1) is 5.82 Å². The first kappa shape index (κ1) is 19.0. The van der Waals surface area contributed by atoms with E-state index in [0.717, 1.165) is 11.8 Å². The Morgan fingerprint density at radius 3 is 2.26 bits per heavy atom. The second-order valence-corrected chi connectivity index (χ2v) is 6.06. The van der Waals surface area contributed by atoms with Crippen LogP contribution in [-0.2, 0) is 14.4 Å². The molecular weight excluding hydrogens is 321 g/mol. The summed E-state index contributed by atoms with van der Waals surface area (Å²) in [5.41, 5.74) is 0.492. The van der Waals surface area contributed by atoms with Crippen LogP contribution >= 0.6 is 11.8 Å². The molecule has 0 bridgehead atoms. The summed E-state index contributed by atoms with van der Waals surface area (Å²) in [6.45, 7) is 1.60. The van der Waals surface area contributed by atoms with E-state index in [4.69, 9.17) is 0 Å². The van der Waals surface area contributed by atoms with Crippen molar-refractivity contribution in [2.24, 2.45) is 0 Å². The third-order valence-electron chi connectivity index (χ3n) is 2.78. The lowest BCUT2D eigenvalue weighted by molar-refractivity contribution is -0.133. The quantitative estimate of drug-likeness (QED) is 0.778. The van der Waals surface area contributed by atoms with Crippen LogP contribution in [0.5, 0.6) is 0 Å². The molecule has 3 amide bonds. The number of rotatable bonds is 7. The maximum Gasteiger partial charge on any atom is 0.244 e. The van der Waals surface area contributed by atoms with E-state index in [2.05, 4.69) is 10.6 Å². The van der Waals surface area contributed by atoms with Gasteiger partial charge >= 0.3 is 0 Å². The maximum absolute atomic E-state index is 12.7. The van der Waals surface area contributed by atoms with Gasteiger partial charge in [-0.3, -0.25) is 14.4 Å². The van der Waals surface area contributed by atoms with Crippen molar-refractivity contribution in [3.63, 3.8) is 0 Å². The molecule has 0 aromatic heterocycles. The van der Waals surface area contributed by atoms with Crippen molar-refractivity contribution >= 4 is 35.2 Å². The van der Waals surface area contributed by atoms with Gasteiger partial charge in [0.1, 0.15) is 11.9 Å². The molecule has 0 fully saturated rings. The maximum atomic E-state index is 12.7. The Morgan fingerprint density at radius 1 is 1.13 bits per heavy atom. The van der Waals surface area contributed by atoms with E-state index in [1.807, 2.05) is 0 Å². The SMILES string of the molecule is CC(NC(=O)CSCC(=O)Nc1ccc(F)cc1)C(=O)N(C)C. The Balaban J connectivity index is 2.27. The van der Waals surface area contributed by atoms with Crippen LogP contribution in [0.4, 0.5) is 10.1 Å². The molecule has 6 nitrogen and oxygen atoms in total. The van der Waals surface area contributed by atoms with Gasteiger partial charge in [0.05, 0.1) is 11.5 Å². The van der Waals surface area contributed by atoms with E-state index in [9.17, 15) is 18.8 Å². The summed E-state index contributed by atoms with van der Waals surface area (Å²) in [7, 11) is 3.22. The summed E-state index contributed by atoms with van der Waals surface area (Å²) in [5.74, 6) is -1.02. The molecule has 23 heavy (non-hydrogen) atoms. The van der Waals surface area contributed by atoms with E-state index in [0.29, 0.717) is 5.69 Å². The first-order valence-corrected chi connectivity index (χ1v) is 8.08. The molecule has 0 aliphatic carbocycles. The van der Waals surface area contributed by atoms with Crippen LogP contribution in [0.1, 0.15) is 6.92 Å². The molecule has 0 saturated heterocycles. The zero-order valence-corrected chi connectivity index (χ0v) is 14.1. The predicted octanol–water partition coefficient (Wildman–Crippen LogP) is 1.09. The first-order valence-electron chi connectivity index (χ1n) is 6.93. The number of halogens is 1. The van der Waals surface area contributed by atoms with Crippen molar-refractivity contribution in [1.82, 2.24) is 10.2 Å². The number of benzene rings is 1. The summed E-state index contributed by atoms with van der Waals surface area (Å²) < 4.78 is 12.7. The molecule has 1 atom stereocenters. The molecule has 0 aliphatic heterocycles. The minimum Gasteiger partial charge on any atom is -0.347 e. The summed E-state index contributed by atoms with van der Waals surface area (Å²) >= 11 is 1.13. The van der Waals surface area contributed by atoms with E-state index in [-0.39, 0.29) is 35.0 Å². The number of hydrogen-bond acceptors (Lipinski definition) is 4. The zero-order chi connectivity index (χ0) is 17.4. The summed E-state index contributed by atoms with van der Waals surface area (Å²) in [5, 5.41) is 5.16. The number of thioether (sulfide) groups is 1. The second kappa shape index (κ2) is 9.14. The highest BCUT2D eigenvalue weighted by molar-refractivity contribution is 8.00. The van der Waals surface area contributed by atoms with Crippen LogP contribution in [0.25, 0.3) is 0 Å². The highest BCUT2D eigenvalue weighted by Gasteiger charge is 2.17. The highest BCUT2D eigenvalue weighted by atomic mass is 32.2. The number of carbonyl (C=O) groups excluding carboxylic acids is 3. The number of amides is 3. The molecule has 0 aliphatic rings. The summed E-state index contributed by atoms with van der Waals surface area (Å²) in [6, 6.07) is 4.81. The van der Waals surface area contributed by atoms with Gasteiger partial charge in [-0.2, -0.15) is 0 Å². The Labute approximate surface area is 138 Å². The van der Waals surface area contributed by atoms with Gasteiger partial charge in [0, 0.05) is 19.8 Å². The van der Waals surface area contributed by atoms with Crippen LogP contribution in [0.2, 0.25) is 0 Å². The van der Waals surface area contributed by atoms with Gasteiger partial charge < -0.3 is 15.5 Å². The summed E-state index contributed by atoms with van der Waals surface area (Å²) in [6.07, 6.45) is 0. The minimum absolute atomic E-state index is 0.0713. The van der Waals surface area contributed by atoms with Crippen LogP contribution < -0.4 is 10.6 Å². The van der Waals surface area contributed by atoms with Crippen molar-refractivity contribution in [3.05, 3.63) is 30.1 Å². The third-order valence-corrected chi connectivity index (χ3v) is 3.72. The van der Waals surface area contributed by atoms with Gasteiger partial charge in [-0.1, -0.05) is 0 Å². The van der Waals surface area contributed by atoms with Crippen molar-refractivity contribution in [1.29, 1.82) is 0 Å². The van der Waals surface area contributed by atoms with E-state index in [1.54, 1.807) is 21.0 Å². The number of carbonyl (C=O) groups is 3. The molecule has 126 valence electrons. The van der Waals surface area contributed by atoms with Gasteiger partial charge in [0.15, 0.2) is 0 Å². The molecule has 8 heteroatoms. The number of nitrogens with one attached hydrogen (secondary N) is 2. The number of anilines is 1. The Morgan fingerprint density at radius 2 is 1.70 bits per heavy atom. The van der Waals surface area contributed by atoms with Crippen molar-refractivity contribution < 1.29 is 18.8 Å².